The summed E-state index contributed by atoms with van der Waals surface area (Å²) in [5.41, 5.74) is 2.20. The van der Waals surface area contributed by atoms with Crippen LogP contribution in [0.25, 0.3) is 11.0 Å². The molecule has 0 radical (unpaired) electrons. The van der Waals surface area contributed by atoms with E-state index in [-0.39, 0.29) is 17.5 Å². The summed E-state index contributed by atoms with van der Waals surface area (Å²) in [6.07, 6.45) is 5.12. The second kappa shape index (κ2) is 7.98. The van der Waals surface area contributed by atoms with Crippen LogP contribution in [0.1, 0.15) is 50.4 Å². The summed E-state index contributed by atoms with van der Waals surface area (Å²) in [5, 5.41) is 5.73. The molecular formula is C20H29N5O2. The number of nitrogens with one attached hydrogen (secondary N) is 2. The molecule has 7 heteroatoms. The Morgan fingerprint density at radius 2 is 1.89 bits per heavy atom. The fourth-order valence-corrected chi connectivity index (χ4v) is 3.33. The Morgan fingerprint density at radius 1 is 1.15 bits per heavy atom. The summed E-state index contributed by atoms with van der Waals surface area (Å²) in [4.78, 5) is 30.8. The first-order chi connectivity index (χ1) is 12.8. The van der Waals surface area contributed by atoms with Gasteiger partial charge < -0.3 is 20.1 Å². The molecule has 2 aromatic rings. The van der Waals surface area contributed by atoms with Crippen LogP contribution in [0, 0.1) is 0 Å². The van der Waals surface area contributed by atoms with E-state index in [4.69, 9.17) is 0 Å². The zero-order valence-electron chi connectivity index (χ0n) is 16.4. The minimum absolute atomic E-state index is 0.0895. The summed E-state index contributed by atoms with van der Waals surface area (Å²) in [7, 11) is 0. The molecule has 27 heavy (non-hydrogen) atoms. The van der Waals surface area contributed by atoms with Gasteiger partial charge >= 0.3 is 6.03 Å². The zero-order chi connectivity index (χ0) is 19.4. The Morgan fingerprint density at radius 3 is 2.59 bits per heavy atom. The molecule has 1 fully saturated rings. The van der Waals surface area contributed by atoms with E-state index in [0.29, 0.717) is 18.7 Å². The van der Waals surface area contributed by atoms with Crippen LogP contribution >= 0.6 is 0 Å². The first kappa shape index (κ1) is 19.2. The molecule has 1 aromatic carbocycles. The molecule has 7 nitrogen and oxygen atoms in total. The lowest BCUT2D eigenvalue weighted by atomic mass is 10.1. The van der Waals surface area contributed by atoms with Crippen LogP contribution < -0.4 is 10.6 Å². The minimum atomic E-state index is -0.261. The summed E-state index contributed by atoms with van der Waals surface area (Å²) >= 11 is 0. The predicted molar refractivity (Wildman–Crippen MR) is 106 cm³/mol. The van der Waals surface area contributed by atoms with Gasteiger partial charge in [-0.2, -0.15) is 0 Å². The van der Waals surface area contributed by atoms with Crippen molar-refractivity contribution in [2.45, 2.75) is 52.1 Å². The van der Waals surface area contributed by atoms with Gasteiger partial charge in [0.2, 0.25) is 0 Å². The number of imidazole rings is 1. The molecule has 0 spiro atoms. The Bertz CT molecular complexity index is 815. The maximum absolute atomic E-state index is 12.6. The molecule has 3 amide bonds. The van der Waals surface area contributed by atoms with Crippen LogP contribution in [0.15, 0.2) is 24.5 Å². The largest absolute Gasteiger partial charge is 0.339 e. The third-order valence-corrected chi connectivity index (χ3v) is 4.64. The lowest BCUT2D eigenvalue weighted by Crippen LogP contribution is -2.47. The van der Waals surface area contributed by atoms with Crippen molar-refractivity contribution < 1.29 is 9.59 Å². The third kappa shape index (κ3) is 4.99. The van der Waals surface area contributed by atoms with Gasteiger partial charge in [-0.1, -0.05) is 0 Å². The van der Waals surface area contributed by atoms with Crippen molar-refractivity contribution in [3.05, 3.63) is 30.1 Å². The average molecular weight is 371 g/mol. The second-order valence-corrected chi connectivity index (χ2v) is 8.13. The van der Waals surface area contributed by atoms with Crippen LogP contribution in [-0.2, 0) is 6.54 Å². The number of rotatable bonds is 4. The van der Waals surface area contributed by atoms with Crippen molar-refractivity contribution in [2.75, 3.05) is 19.6 Å². The van der Waals surface area contributed by atoms with E-state index in [9.17, 15) is 9.59 Å². The van der Waals surface area contributed by atoms with Gasteiger partial charge in [-0.15, -0.1) is 0 Å². The smallest absolute Gasteiger partial charge is 0.315 e. The third-order valence-electron chi connectivity index (χ3n) is 4.64. The zero-order valence-corrected chi connectivity index (χ0v) is 16.4. The second-order valence-electron chi connectivity index (χ2n) is 8.13. The molecular weight excluding hydrogens is 342 g/mol. The van der Waals surface area contributed by atoms with E-state index in [1.165, 1.54) is 6.42 Å². The van der Waals surface area contributed by atoms with Crippen LogP contribution in [-0.4, -0.2) is 51.6 Å². The van der Waals surface area contributed by atoms with Gasteiger partial charge in [-0.25, -0.2) is 9.78 Å². The molecule has 2 heterocycles. The summed E-state index contributed by atoms with van der Waals surface area (Å²) < 4.78 is 1.99. The molecule has 1 aliphatic heterocycles. The fraction of sp³-hybridized carbons (Fsp3) is 0.550. The summed E-state index contributed by atoms with van der Waals surface area (Å²) in [5.74, 6) is 0.0895. The molecule has 0 unspecified atom stereocenters. The maximum atomic E-state index is 12.6. The highest BCUT2D eigenvalue weighted by Gasteiger charge is 2.19. The van der Waals surface area contributed by atoms with Gasteiger partial charge in [0.15, 0.2) is 0 Å². The van der Waals surface area contributed by atoms with E-state index in [2.05, 4.69) is 15.6 Å². The average Bonchev–Trinajstić information content (AvgIpc) is 3.02. The first-order valence-corrected chi connectivity index (χ1v) is 9.64. The molecule has 0 saturated carbocycles. The van der Waals surface area contributed by atoms with Crippen LogP contribution in [0.5, 0.6) is 0 Å². The Labute approximate surface area is 160 Å². The predicted octanol–water partition coefficient (Wildman–Crippen LogP) is 2.76. The minimum Gasteiger partial charge on any atom is -0.339 e. The number of aromatic nitrogens is 2. The number of benzene rings is 1. The molecule has 3 rings (SSSR count). The molecule has 1 aliphatic rings. The summed E-state index contributed by atoms with van der Waals surface area (Å²) in [6, 6.07) is 5.50. The molecule has 1 saturated heterocycles. The number of piperidine rings is 1. The number of hydrogen-bond acceptors (Lipinski definition) is 3. The van der Waals surface area contributed by atoms with Crippen molar-refractivity contribution in [1.82, 2.24) is 25.1 Å². The van der Waals surface area contributed by atoms with Gasteiger partial charge in [0, 0.05) is 37.3 Å². The van der Waals surface area contributed by atoms with Gasteiger partial charge in [0.1, 0.15) is 0 Å². The lowest BCUT2D eigenvalue weighted by Gasteiger charge is -2.26. The quantitative estimate of drug-likeness (QED) is 0.867. The van der Waals surface area contributed by atoms with Crippen molar-refractivity contribution in [3.63, 3.8) is 0 Å². The first-order valence-electron chi connectivity index (χ1n) is 9.64. The standard InChI is InChI=1S/C20H29N5O2/c1-20(2,3)23-19(27)21-9-12-25-14-22-16-13-15(7-8-17(16)25)18(26)24-10-5-4-6-11-24/h7-8,13-14H,4-6,9-12H2,1-3H3,(H2,21,23,27). The number of likely N-dealkylation sites (tertiary alicyclic amines) is 1. The van der Waals surface area contributed by atoms with Crippen LogP contribution in [0.2, 0.25) is 0 Å². The maximum Gasteiger partial charge on any atom is 0.315 e. The van der Waals surface area contributed by atoms with Gasteiger partial charge in [0.05, 0.1) is 17.4 Å². The van der Waals surface area contributed by atoms with E-state index >= 15 is 0 Å². The molecule has 1 aromatic heterocycles. The number of carbonyl (C=O) groups is 2. The summed E-state index contributed by atoms with van der Waals surface area (Å²) in [6.45, 7) is 8.63. The van der Waals surface area contributed by atoms with E-state index in [0.717, 1.165) is 37.0 Å². The number of fused-ring (bicyclic) bond motifs is 1. The fourth-order valence-electron chi connectivity index (χ4n) is 3.33. The number of nitrogens with zero attached hydrogens (tertiary/aromatic N) is 3. The topological polar surface area (TPSA) is 79.3 Å². The molecule has 0 bridgehead atoms. The number of urea groups is 1. The Hall–Kier alpha value is -2.57. The molecule has 0 atom stereocenters. The highest BCUT2D eigenvalue weighted by molar-refractivity contribution is 5.97. The van der Waals surface area contributed by atoms with Crippen molar-refractivity contribution in [2.24, 2.45) is 0 Å². The van der Waals surface area contributed by atoms with Crippen molar-refractivity contribution >= 4 is 23.0 Å². The SMILES string of the molecule is CC(C)(C)NC(=O)NCCn1cnc2cc(C(=O)N3CCCCC3)ccc21. The Kier molecular flexibility index (Phi) is 5.68. The van der Waals surface area contributed by atoms with Gasteiger partial charge in [-0.05, 0) is 58.2 Å². The normalized spacial score (nSPS) is 15.0. The number of hydrogen-bond donors (Lipinski definition) is 2. The highest BCUT2D eigenvalue weighted by atomic mass is 16.2. The molecule has 0 aliphatic carbocycles. The monoisotopic (exact) mass is 371 g/mol. The Balaban J connectivity index is 1.62. The van der Waals surface area contributed by atoms with Crippen molar-refractivity contribution in [3.8, 4) is 0 Å². The van der Waals surface area contributed by atoms with E-state index < -0.39 is 0 Å². The van der Waals surface area contributed by atoms with Gasteiger partial charge in [0.25, 0.3) is 5.91 Å². The lowest BCUT2D eigenvalue weighted by molar-refractivity contribution is 0.0724. The highest BCUT2D eigenvalue weighted by Crippen LogP contribution is 2.18. The van der Waals surface area contributed by atoms with Crippen LogP contribution in [0.4, 0.5) is 4.79 Å². The van der Waals surface area contributed by atoms with E-state index in [1.54, 1.807) is 6.33 Å². The molecule has 2 N–H and O–H groups in total. The number of carbonyl (C=O) groups excluding carboxylic acids is 2. The van der Waals surface area contributed by atoms with Gasteiger partial charge in [-0.3, -0.25) is 4.79 Å². The van der Waals surface area contributed by atoms with E-state index in [1.807, 2.05) is 48.4 Å². The van der Waals surface area contributed by atoms with Crippen molar-refractivity contribution in [1.29, 1.82) is 0 Å². The molecule has 146 valence electrons. The number of amides is 3. The van der Waals surface area contributed by atoms with Crippen LogP contribution in [0.3, 0.4) is 0 Å².